The zero-order valence-electron chi connectivity index (χ0n) is 13.2. The molecule has 20 heavy (non-hydrogen) atoms. The van der Waals surface area contributed by atoms with E-state index in [0.717, 1.165) is 30.2 Å². The lowest BCUT2D eigenvalue weighted by Crippen LogP contribution is -2.48. The fourth-order valence-electron chi connectivity index (χ4n) is 2.42. The van der Waals surface area contributed by atoms with E-state index < -0.39 is 0 Å². The minimum Gasteiger partial charge on any atom is -0.392 e. The van der Waals surface area contributed by atoms with Gasteiger partial charge in [-0.3, -0.25) is 0 Å². The molecule has 0 amide bonds. The Labute approximate surface area is 121 Å². The van der Waals surface area contributed by atoms with E-state index in [4.69, 9.17) is 9.72 Å². The quantitative estimate of drug-likeness (QED) is 0.903. The summed E-state index contributed by atoms with van der Waals surface area (Å²) in [5, 5.41) is 9.48. The number of nitrogens with zero attached hydrogens (tertiary/aromatic N) is 2. The molecule has 0 unspecified atom stereocenters. The molecule has 1 aliphatic rings. The molecule has 2 rings (SSSR count). The number of aliphatic hydroxyl groups is 1. The molecule has 2 heterocycles. The first-order valence-corrected chi connectivity index (χ1v) is 7.22. The number of pyridine rings is 1. The van der Waals surface area contributed by atoms with Crippen molar-refractivity contribution in [3.8, 4) is 0 Å². The van der Waals surface area contributed by atoms with Gasteiger partial charge < -0.3 is 14.7 Å². The maximum atomic E-state index is 9.48. The number of morpholine rings is 1. The second-order valence-corrected chi connectivity index (χ2v) is 7.16. The fourth-order valence-corrected chi connectivity index (χ4v) is 2.42. The second-order valence-electron chi connectivity index (χ2n) is 7.16. The molecule has 1 aromatic rings. The summed E-state index contributed by atoms with van der Waals surface area (Å²) in [6.45, 7) is 13.0. The first-order chi connectivity index (χ1) is 9.21. The highest BCUT2D eigenvalue weighted by Crippen LogP contribution is 2.27. The first kappa shape index (κ1) is 15.3. The molecule has 0 spiro atoms. The summed E-state index contributed by atoms with van der Waals surface area (Å²) in [6, 6.07) is 3.98. The Hall–Kier alpha value is -1.13. The molecule has 1 aromatic heterocycles. The van der Waals surface area contributed by atoms with Gasteiger partial charge >= 0.3 is 0 Å². The molecule has 112 valence electrons. The Morgan fingerprint density at radius 1 is 1.35 bits per heavy atom. The van der Waals surface area contributed by atoms with Crippen LogP contribution in [0.25, 0.3) is 0 Å². The van der Waals surface area contributed by atoms with E-state index in [-0.39, 0.29) is 17.6 Å². The third kappa shape index (κ3) is 3.49. The highest BCUT2D eigenvalue weighted by molar-refractivity contribution is 5.44. The molecule has 4 heteroatoms. The Morgan fingerprint density at radius 2 is 2.05 bits per heavy atom. The van der Waals surface area contributed by atoms with Gasteiger partial charge in [0, 0.05) is 24.2 Å². The van der Waals surface area contributed by atoms with Gasteiger partial charge in [0.05, 0.1) is 18.8 Å². The Balaban J connectivity index is 2.36. The molecule has 1 saturated heterocycles. The minimum absolute atomic E-state index is 0.0261. The molecule has 0 aliphatic carbocycles. The third-order valence-electron chi connectivity index (χ3n) is 3.57. The van der Waals surface area contributed by atoms with Crippen LogP contribution in [-0.2, 0) is 16.8 Å². The topological polar surface area (TPSA) is 45.6 Å². The Bertz CT molecular complexity index is 478. The van der Waals surface area contributed by atoms with Crippen molar-refractivity contribution >= 4 is 5.82 Å². The van der Waals surface area contributed by atoms with Gasteiger partial charge in [0.1, 0.15) is 5.82 Å². The van der Waals surface area contributed by atoms with E-state index in [1.807, 2.05) is 12.1 Å². The zero-order valence-corrected chi connectivity index (χ0v) is 13.2. The van der Waals surface area contributed by atoms with Crippen molar-refractivity contribution in [3.05, 3.63) is 23.4 Å². The lowest BCUT2D eigenvalue weighted by Gasteiger charge is -2.39. The molecule has 0 saturated carbocycles. The van der Waals surface area contributed by atoms with Crippen LogP contribution in [0.2, 0.25) is 0 Å². The summed E-state index contributed by atoms with van der Waals surface area (Å²) in [5.74, 6) is 0.942. The van der Waals surface area contributed by atoms with E-state index >= 15 is 0 Å². The largest absolute Gasteiger partial charge is 0.392 e. The van der Waals surface area contributed by atoms with Gasteiger partial charge in [-0.2, -0.15) is 0 Å². The van der Waals surface area contributed by atoms with Crippen LogP contribution in [0, 0.1) is 0 Å². The number of hydrogen-bond acceptors (Lipinski definition) is 4. The smallest absolute Gasteiger partial charge is 0.129 e. The molecule has 0 bridgehead atoms. The first-order valence-electron chi connectivity index (χ1n) is 7.22. The van der Waals surface area contributed by atoms with Gasteiger partial charge in [0.2, 0.25) is 0 Å². The van der Waals surface area contributed by atoms with Crippen LogP contribution in [-0.4, -0.2) is 35.4 Å². The van der Waals surface area contributed by atoms with Gasteiger partial charge in [-0.15, -0.1) is 0 Å². The number of aliphatic hydroxyl groups excluding tert-OH is 1. The molecular weight excluding hydrogens is 252 g/mol. The predicted molar refractivity (Wildman–Crippen MR) is 81.1 cm³/mol. The van der Waals surface area contributed by atoms with Crippen LogP contribution >= 0.6 is 0 Å². The number of aromatic nitrogens is 1. The van der Waals surface area contributed by atoms with Crippen molar-refractivity contribution in [1.29, 1.82) is 0 Å². The fraction of sp³-hybridized carbons (Fsp3) is 0.688. The van der Waals surface area contributed by atoms with Crippen molar-refractivity contribution in [2.45, 2.75) is 52.2 Å². The molecule has 0 aromatic carbocycles. The highest BCUT2D eigenvalue weighted by atomic mass is 16.5. The number of ether oxygens (including phenoxy) is 1. The van der Waals surface area contributed by atoms with Crippen LogP contribution < -0.4 is 4.90 Å². The van der Waals surface area contributed by atoms with Crippen LogP contribution in [0.5, 0.6) is 0 Å². The summed E-state index contributed by atoms with van der Waals surface area (Å²) in [6.07, 6.45) is 0. The third-order valence-corrected chi connectivity index (χ3v) is 3.57. The van der Waals surface area contributed by atoms with E-state index in [9.17, 15) is 5.11 Å². The van der Waals surface area contributed by atoms with Gasteiger partial charge in [-0.1, -0.05) is 20.8 Å². The van der Waals surface area contributed by atoms with E-state index in [1.54, 1.807) is 0 Å². The maximum Gasteiger partial charge on any atom is 0.129 e. The molecule has 1 fully saturated rings. The molecule has 0 atom stereocenters. The van der Waals surface area contributed by atoms with E-state index in [2.05, 4.69) is 39.5 Å². The second kappa shape index (κ2) is 5.34. The Kier molecular flexibility index (Phi) is 4.07. The lowest BCUT2D eigenvalue weighted by molar-refractivity contribution is -0.0279. The summed E-state index contributed by atoms with van der Waals surface area (Å²) < 4.78 is 5.75. The van der Waals surface area contributed by atoms with Crippen LogP contribution in [0.15, 0.2) is 12.1 Å². The van der Waals surface area contributed by atoms with Crippen molar-refractivity contribution in [1.82, 2.24) is 4.98 Å². The summed E-state index contributed by atoms with van der Waals surface area (Å²) >= 11 is 0. The SMILES string of the molecule is CC1(C)CN(c2cc(CO)cc(C(C)(C)C)n2)CCO1. The van der Waals surface area contributed by atoms with Crippen molar-refractivity contribution in [3.63, 3.8) is 0 Å². The number of hydrogen-bond donors (Lipinski definition) is 1. The van der Waals surface area contributed by atoms with Crippen molar-refractivity contribution in [2.24, 2.45) is 0 Å². The van der Waals surface area contributed by atoms with E-state index in [0.29, 0.717) is 6.61 Å². The van der Waals surface area contributed by atoms with Gasteiger partial charge in [0.25, 0.3) is 0 Å². The zero-order chi connectivity index (χ0) is 15.0. The molecule has 0 radical (unpaired) electrons. The summed E-state index contributed by atoms with van der Waals surface area (Å²) in [5.41, 5.74) is 1.76. The standard InChI is InChI=1S/C16H26N2O2/c1-15(2,3)13-8-12(10-19)9-14(17-13)18-6-7-20-16(4,5)11-18/h8-9,19H,6-7,10-11H2,1-5H3. The number of rotatable bonds is 2. The molecule has 1 N–H and O–H groups in total. The number of anilines is 1. The lowest BCUT2D eigenvalue weighted by atomic mass is 9.90. The van der Waals surface area contributed by atoms with Gasteiger partial charge in [0.15, 0.2) is 0 Å². The Morgan fingerprint density at radius 3 is 2.60 bits per heavy atom. The summed E-state index contributed by atoms with van der Waals surface area (Å²) in [7, 11) is 0. The normalized spacial score (nSPS) is 19.2. The van der Waals surface area contributed by atoms with Gasteiger partial charge in [-0.25, -0.2) is 4.98 Å². The van der Waals surface area contributed by atoms with Crippen molar-refractivity contribution in [2.75, 3.05) is 24.6 Å². The highest BCUT2D eigenvalue weighted by Gasteiger charge is 2.28. The van der Waals surface area contributed by atoms with E-state index in [1.165, 1.54) is 0 Å². The van der Waals surface area contributed by atoms with Gasteiger partial charge in [-0.05, 0) is 31.5 Å². The average molecular weight is 278 g/mol. The van der Waals surface area contributed by atoms with Crippen LogP contribution in [0.3, 0.4) is 0 Å². The van der Waals surface area contributed by atoms with Crippen molar-refractivity contribution < 1.29 is 9.84 Å². The summed E-state index contributed by atoms with van der Waals surface area (Å²) in [4.78, 5) is 7.05. The minimum atomic E-state index is -0.156. The maximum absolute atomic E-state index is 9.48. The molecule has 4 nitrogen and oxygen atoms in total. The predicted octanol–water partition coefficient (Wildman–Crippen LogP) is 2.49. The van der Waals surface area contributed by atoms with Crippen LogP contribution in [0.4, 0.5) is 5.82 Å². The van der Waals surface area contributed by atoms with Crippen LogP contribution in [0.1, 0.15) is 45.9 Å². The average Bonchev–Trinajstić information content (AvgIpc) is 2.36. The molecular formula is C16H26N2O2. The molecule has 1 aliphatic heterocycles. The monoisotopic (exact) mass is 278 g/mol.